The van der Waals surface area contributed by atoms with Crippen LogP contribution in [0.15, 0.2) is 42.5 Å². The summed E-state index contributed by atoms with van der Waals surface area (Å²) in [6.07, 6.45) is 0. The Kier molecular flexibility index (Phi) is 3.96. The summed E-state index contributed by atoms with van der Waals surface area (Å²) in [5.41, 5.74) is 1.62. The lowest BCUT2D eigenvalue weighted by Crippen LogP contribution is -2.13. The molecule has 0 aliphatic heterocycles. The second-order valence-electron chi connectivity index (χ2n) is 3.95. The lowest BCUT2D eigenvalue weighted by atomic mass is 10.2. The molecule has 0 heterocycles. The number of carbonyl (C=O) groups excluding carboxylic acids is 1. The first-order valence-corrected chi connectivity index (χ1v) is 6.47. The quantitative estimate of drug-likeness (QED) is 0.811. The first-order valence-electron chi connectivity index (χ1n) is 5.39. The average molecular weight is 355 g/mol. The molecule has 0 radical (unpaired) electrons. The molecule has 0 fully saturated rings. The largest absolute Gasteiger partial charge is 0.319 e. The number of aryl methyl sites for hydroxylation is 1. The van der Waals surface area contributed by atoms with Crippen LogP contribution in [0.2, 0.25) is 0 Å². The number of halogens is 2. The van der Waals surface area contributed by atoms with Crippen molar-refractivity contribution in [2.75, 3.05) is 5.32 Å². The fourth-order valence-electron chi connectivity index (χ4n) is 1.56. The summed E-state index contributed by atoms with van der Waals surface area (Å²) < 4.78 is 14.5. The second kappa shape index (κ2) is 5.48. The van der Waals surface area contributed by atoms with Crippen LogP contribution < -0.4 is 5.32 Å². The van der Waals surface area contributed by atoms with Crippen LogP contribution in [-0.2, 0) is 0 Å². The Morgan fingerprint density at radius 3 is 2.72 bits per heavy atom. The van der Waals surface area contributed by atoms with Gasteiger partial charge in [0.05, 0.1) is 5.69 Å². The molecule has 2 rings (SSSR count). The van der Waals surface area contributed by atoms with Gasteiger partial charge in [0.2, 0.25) is 0 Å². The van der Waals surface area contributed by atoms with Crippen LogP contribution in [0.4, 0.5) is 10.1 Å². The van der Waals surface area contributed by atoms with Crippen LogP contribution in [0.25, 0.3) is 0 Å². The summed E-state index contributed by atoms with van der Waals surface area (Å²) in [6, 6.07) is 11.8. The summed E-state index contributed by atoms with van der Waals surface area (Å²) in [5, 5.41) is 2.58. The molecule has 92 valence electrons. The van der Waals surface area contributed by atoms with Crippen LogP contribution in [0.3, 0.4) is 0 Å². The number of rotatable bonds is 2. The lowest BCUT2D eigenvalue weighted by molar-refractivity contribution is 0.102. The zero-order valence-electron chi connectivity index (χ0n) is 9.71. The molecule has 0 aliphatic rings. The third-order valence-electron chi connectivity index (χ3n) is 2.46. The Hall–Kier alpha value is -1.43. The van der Waals surface area contributed by atoms with Crippen LogP contribution in [0.5, 0.6) is 0 Å². The SMILES string of the molecule is Cc1ccc(F)c(NC(=O)c2cccc(I)c2)c1. The number of amides is 1. The minimum Gasteiger partial charge on any atom is -0.319 e. The van der Waals surface area contributed by atoms with Crippen LogP contribution in [-0.4, -0.2) is 5.91 Å². The zero-order valence-corrected chi connectivity index (χ0v) is 11.9. The average Bonchev–Trinajstić information content (AvgIpc) is 2.34. The number of hydrogen-bond donors (Lipinski definition) is 1. The second-order valence-corrected chi connectivity index (χ2v) is 5.19. The van der Waals surface area contributed by atoms with E-state index in [-0.39, 0.29) is 11.6 Å². The fraction of sp³-hybridized carbons (Fsp3) is 0.0714. The van der Waals surface area contributed by atoms with Gasteiger partial charge in [-0.1, -0.05) is 12.1 Å². The van der Waals surface area contributed by atoms with E-state index in [1.807, 2.05) is 13.0 Å². The topological polar surface area (TPSA) is 29.1 Å². The molecule has 0 aromatic heterocycles. The van der Waals surface area contributed by atoms with Gasteiger partial charge in [-0.2, -0.15) is 0 Å². The number of nitrogens with one attached hydrogen (secondary N) is 1. The molecule has 2 nitrogen and oxygen atoms in total. The van der Waals surface area contributed by atoms with Crippen molar-refractivity contribution in [3.8, 4) is 0 Å². The maximum Gasteiger partial charge on any atom is 0.255 e. The Bertz CT molecular complexity index is 598. The number of hydrogen-bond acceptors (Lipinski definition) is 1. The first kappa shape index (κ1) is 13.0. The summed E-state index contributed by atoms with van der Waals surface area (Å²) in [6.45, 7) is 1.85. The molecule has 18 heavy (non-hydrogen) atoms. The normalized spacial score (nSPS) is 10.2. The van der Waals surface area contributed by atoms with Crippen molar-refractivity contribution in [2.45, 2.75) is 6.92 Å². The molecule has 0 bridgehead atoms. The van der Waals surface area contributed by atoms with E-state index in [1.165, 1.54) is 6.07 Å². The molecule has 0 saturated heterocycles. The molecule has 0 atom stereocenters. The van der Waals surface area contributed by atoms with Gasteiger partial charge in [-0.3, -0.25) is 4.79 Å². The molecule has 1 N–H and O–H groups in total. The maximum absolute atomic E-state index is 13.5. The van der Waals surface area contributed by atoms with E-state index in [2.05, 4.69) is 27.9 Å². The Balaban J connectivity index is 2.24. The third kappa shape index (κ3) is 3.07. The Labute approximate surface area is 118 Å². The van der Waals surface area contributed by atoms with Crippen LogP contribution in [0, 0.1) is 16.3 Å². The van der Waals surface area contributed by atoms with E-state index in [4.69, 9.17) is 0 Å². The summed E-state index contributed by atoms with van der Waals surface area (Å²) >= 11 is 2.13. The fourth-order valence-corrected chi connectivity index (χ4v) is 2.10. The molecule has 2 aromatic carbocycles. The minimum absolute atomic E-state index is 0.207. The van der Waals surface area contributed by atoms with Gasteiger partial charge in [-0.05, 0) is 65.4 Å². The molecule has 4 heteroatoms. The zero-order chi connectivity index (χ0) is 13.1. The van der Waals surface area contributed by atoms with Gasteiger partial charge in [-0.15, -0.1) is 0 Å². The highest BCUT2D eigenvalue weighted by Crippen LogP contribution is 2.17. The van der Waals surface area contributed by atoms with E-state index >= 15 is 0 Å². The number of benzene rings is 2. The van der Waals surface area contributed by atoms with Gasteiger partial charge in [-0.25, -0.2) is 4.39 Å². The molecule has 0 spiro atoms. The molecular weight excluding hydrogens is 344 g/mol. The van der Waals surface area contributed by atoms with Crippen molar-refractivity contribution in [1.29, 1.82) is 0 Å². The highest BCUT2D eigenvalue weighted by Gasteiger charge is 2.09. The van der Waals surface area contributed by atoms with Crippen LogP contribution >= 0.6 is 22.6 Å². The minimum atomic E-state index is -0.431. The van der Waals surface area contributed by atoms with E-state index in [9.17, 15) is 9.18 Å². The van der Waals surface area contributed by atoms with Crippen molar-refractivity contribution >= 4 is 34.2 Å². The van der Waals surface area contributed by atoms with Crippen molar-refractivity contribution < 1.29 is 9.18 Å². The summed E-state index contributed by atoms with van der Waals surface area (Å²) in [7, 11) is 0. The smallest absolute Gasteiger partial charge is 0.255 e. The third-order valence-corrected chi connectivity index (χ3v) is 3.13. The number of carbonyl (C=O) groups is 1. The van der Waals surface area contributed by atoms with E-state index in [0.717, 1.165) is 9.13 Å². The van der Waals surface area contributed by atoms with Gasteiger partial charge < -0.3 is 5.32 Å². The lowest BCUT2D eigenvalue weighted by Gasteiger charge is -2.07. The standard InChI is InChI=1S/C14H11FINO/c1-9-5-6-12(15)13(7-9)17-14(18)10-3-2-4-11(16)8-10/h2-8H,1H3,(H,17,18). The number of anilines is 1. The highest BCUT2D eigenvalue weighted by molar-refractivity contribution is 14.1. The molecule has 2 aromatic rings. The molecule has 0 aliphatic carbocycles. The highest BCUT2D eigenvalue weighted by atomic mass is 127. The van der Waals surface area contributed by atoms with Crippen molar-refractivity contribution in [3.63, 3.8) is 0 Å². The monoisotopic (exact) mass is 355 g/mol. The maximum atomic E-state index is 13.5. The van der Waals surface area contributed by atoms with Gasteiger partial charge in [0, 0.05) is 9.13 Å². The Morgan fingerprint density at radius 2 is 2.00 bits per heavy atom. The predicted octanol–water partition coefficient (Wildman–Crippen LogP) is 3.99. The van der Waals surface area contributed by atoms with Gasteiger partial charge in [0.25, 0.3) is 5.91 Å². The molecular formula is C14H11FINO. The van der Waals surface area contributed by atoms with E-state index < -0.39 is 5.82 Å². The summed E-state index contributed by atoms with van der Waals surface area (Å²) in [4.78, 5) is 11.9. The van der Waals surface area contributed by atoms with Gasteiger partial charge in [0.15, 0.2) is 0 Å². The van der Waals surface area contributed by atoms with Gasteiger partial charge in [0.1, 0.15) is 5.82 Å². The van der Waals surface area contributed by atoms with E-state index in [1.54, 1.807) is 30.3 Å². The van der Waals surface area contributed by atoms with Gasteiger partial charge >= 0.3 is 0 Å². The Morgan fingerprint density at radius 1 is 1.22 bits per heavy atom. The van der Waals surface area contributed by atoms with E-state index in [0.29, 0.717) is 5.56 Å². The van der Waals surface area contributed by atoms with Crippen molar-refractivity contribution in [2.24, 2.45) is 0 Å². The molecule has 0 unspecified atom stereocenters. The molecule has 0 saturated carbocycles. The first-order chi connectivity index (χ1) is 8.56. The van der Waals surface area contributed by atoms with Crippen molar-refractivity contribution in [3.05, 3.63) is 63.0 Å². The molecule has 1 amide bonds. The predicted molar refractivity (Wildman–Crippen MR) is 78.2 cm³/mol. The summed E-state index contributed by atoms with van der Waals surface area (Å²) in [5.74, 6) is -0.738. The van der Waals surface area contributed by atoms with Crippen LogP contribution in [0.1, 0.15) is 15.9 Å². The van der Waals surface area contributed by atoms with Crippen molar-refractivity contribution in [1.82, 2.24) is 0 Å².